The number of alkyl halides is 1. The summed E-state index contributed by atoms with van der Waals surface area (Å²) in [6.45, 7) is 0.847. The van der Waals surface area contributed by atoms with Gasteiger partial charge in [-0.3, -0.25) is 4.79 Å². The minimum atomic E-state index is 0.0955. The number of hydrogen-bond acceptors (Lipinski definition) is 2. The van der Waals surface area contributed by atoms with Crippen LogP contribution in [0.4, 0.5) is 0 Å². The Morgan fingerprint density at radius 1 is 1.50 bits per heavy atom. The van der Waals surface area contributed by atoms with Crippen molar-refractivity contribution in [2.24, 2.45) is 0 Å². The van der Waals surface area contributed by atoms with Gasteiger partial charge in [0.2, 0.25) is 0 Å². The van der Waals surface area contributed by atoms with Crippen LogP contribution in [0.2, 0.25) is 0 Å². The number of likely N-dealkylation sites (tertiary alicyclic amines) is 1. The Morgan fingerprint density at radius 3 is 3.22 bits per heavy atom. The summed E-state index contributed by atoms with van der Waals surface area (Å²) in [7, 11) is 0. The molecule has 1 aliphatic rings. The van der Waals surface area contributed by atoms with E-state index in [1.165, 1.54) is 0 Å². The lowest BCUT2D eigenvalue weighted by Crippen LogP contribution is -2.36. The van der Waals surface area contributed by atoms with Crippen LogP contribution in [0.1, 0.15) is 23.2 Å². The molecule has 3 rings (SSSR count). The van der Waals surface area contributed by atoms with Crippen LogP contribution in [0.25, 0.3) is 5.52 Å². The third-order valence-corrected chi connectivity index (χ3v) is 4.22. The molecule has 0 spiro atoms. The molecule has 18 heavy (non-hydrogen) atoms. The van der Waals surface area contributed by atoms with Gasteiger partial charge in [0.1, 0.15) is 0 Å². The Balaban J connectivity index is 1.97. The number of fused-ring (bicyclic) bond motifs is 1. The summed E-state index contributed by atoms with van der Waals surface area (Å²) >= 11 is 3.48. The minimum absolute atomic E-state index is 0.0955. The van der Waals surface area contributed by atoms with E-state index in [-0.39, 0.29) is 5.91 Å². The zero-order chi connectivity index (χ0) is 12.5. The van der Waals surface area contributed by atoms with Gasteiger partial charge in [0.05, 0.1) is 17.3 Å². The van der Waals surface area contributed by atoms with Crippen LogP contribution in [-0.4, -0.2) is 38.3 Å². The molecule has 0 aromatic carbocycles. The number of amides is 1. The van der Waals surface area contributed by atoms with Gasteiger partial charge in [0.15, 0.2) is 0 Å². The number of rotatable bonds is 2. The number of aromatic nitrogens is 2. The summed E-state index contributed by atoms with van der Waals surface area (Å²) in [5, 5.41) is 5.06. The van der Waals surface area contributed by atoms with Crippen molar-refractivity contribution in [1.29, 1.82) is 0 Å². The molecule has 1 saturated heterocycles. The maximum Gasteiger partial charge on any atom is 0.257 e. The van der Waals surface area contributed by atoms with Crippen molar-refractivity contribution in [3.63, 3.8) is 0 Å². The molecule has 2 aromatic rings. The molecule has 1 unspecified atom stereocenters. The van der Waals surface area contributed by atoms with Crippen LogP contribution < -0.4 is 0 Å². The molecule has 0 bridgehead atoms. The summed E-state index contributed by atoms with van der Waals surface area (Å²) in [4.78, 5) is 14.5. The van der Waals surface area contributed by atoms with E-state index in [9.17, 15) is 4.79 Å². The smallest absolute Gasteiger partial charge is 0.257 e. The van der Waals surface area contributed by atoms with Gasteiger partial charge in [0, 0.05) is 24.1 Å². The van der Waals surface area contributed by atoms with E-state index < -0.39 is 0 Å². The fourth-order valence-corrected chi connectivity index (χ4v) is 3.19. The Hall–Kier alpha value is -1.36. The van der Waals surface area contributed by atoms with Crippen molar-refractivity contribution in [3.8, 4) is 0 Å². The van der Waals surface area contributed by atoms with Crippen molar-refractivity contribution in [2.45, 2.75) is 18.9 Å². The average Bonchev–Trinajstić information content (AvgIpc) is 3.04. The average molecular weight is 308 g/mol. The molecule has 0 N–H and O–H groups in total. The fourth-order valence-electron chi connectivity index (χ4n) is 2.52. The lowest BCUT2D eigenvalue weighted by molar-refractivity contribution is 0.0752. The number of carbonyl (C=O) groups is 1. The molecule has 0 aliphatic carbocycles. The highest BCUT2D eigenvalue weighted by Crippen LogP contribution is 2.23. The molecular weight excluding hydrogens is 294 g/mol. The molecular formula is C13H14BrN3O. The first-order chi connectivity index (χ1) is 8.81. The second-order valence-corrected chi connectivity index (χ2v) is 5.19. The van der Waals surface area contributed by atoms with E-state index in [1.54, 1.807) is 10.7 Å². The summed E-state index contributed by atoms with van der Waals surface area (Å²) < 4.78 is 1.74. The van der Waals surface area contributed by atoms with Crippen molar-refractivity contribution in [1.82, 2.24) is 14.5 Å². The monoisotopic (exact) mass is 307 g/mol. The summed E-state index contributed by atoms with van der Waals surface area (Å²) in [6.07, 6.45) is 5.69. The van der Waals surface area contributed by atoms with E-state index in [0.29, 0.717) is 11.6 Å². The lowest BCUT2D eigenvalue weighted by Gasteiger charge is -2.22. The third-order valence-electron chi connectivity index (χ3n) is 3.47. The molecule has 3 heterocycles. The van der Waals surface area contributed by atoms with E-state index in [2.05, 4.69) is 21.0 Å². The largest absolute Gasteiger partial charge is 0.335 e. The number of halogens is 1. The predicted molar refractivity (Wildman–Crippen MR) is 73.0 cm³/mol. The van der Waals surface area contributed by atoms with E-state index in [0.717, 1.165) is 30.2 Å². The molecule has 0 radical (unpaired) electrons. The number of carbonyl (C=O) groups excluding carboxylic acids is 1. The molecule has 4 nitrogen and oxygen atoms in total. The minimum Gasteiger partial charge on any atom is -0.335 e. The molecule has 5 heteroatoms. The molecule has 1 fully saturated rings. The van der Waals surface area contributed by atoms with Crippen molar-refractivity contribution in [3.05, 3.63) is 36.2 Å². The normalized spacial score (nSPS) is 19.6. The van der Waals surface area contributed by atoms with E-state index in [1.807, 2.05) is 29.3 Å². The highest BCUT2D eigenvalue weighted by atomic mass is 79.9. The SMILES string of the molecule is O=C(c1cnn2ccccc12)N1CCCC1CBr. The first-order valence-electron chi connectivity index (χ1n) is 6.10. The standard InChI is InChI=1S/C13H14BrN3O/c14-8-10-4-3-6-16(10)13(18)11-9-15-17-7-2-1-5-12(11)17/h1-2,5,7,9-10H,3-4,6,8H2. The summed E-state index contributed by atoms with van der Waals surface area (Å²) in [5.74, 6) is 0.0955. The van der Waals surface area contributed by atoms with Crippen LogP contribution in [-0.2, 0) is 0 Å². The topological polar surface area (TPSA) is 37.6 Å². The van der Waals surface area contributed by atoms with Crippen LogP contribution in [0.5, 0.6) is 0 Å². The molecule has 1 amide bonds. The Labute approximate surface area is 114 Å². The van der Waals surface area contributed by atoms with Crippen LogP contribution in [0.15, 0.2) is 30.6 Å². The van der Waals surface area contributed by atoms with Gasteiger partial charge in [0.25, 0.3) is 5.91 Å². The van der Waals surface area contributed by atoms with Crippen molar-refractivity contribution < 1.29 is 4.79 Å². The van der Waals surface area contributed by atoms with Gasteiger partial charge in [-0.25, -0.2) is 4.52 Å². The quantitative estimate of drug-likeness (QED) is 0.799. The third kappa shape index (κ3) is 1.82. The van der Waals surface area contributed by atoms with Crippen LogP contribution in [0.3, 0.4) is 0 Å². The molecule has 1 atom stereocenters. The van der Waals surface area contributed by atoms with Crippen molar-refractivity contribution in [2.75, 3.05) is 11.9 Å². The van der Waals surface area contributed by atoms with Gasteiger partial charge >= 0.3 is 0 Å². The van der Waals surface area contributed by atoms with Crippen LogP contribution in [0, 0.1) is 0 Å². The first kappa shape index (κ1) is 11.7. The maximum absolute atomic E-state index is 12.5. The second kappa shape index (κ2) is 4.72. The van der Waals surface area contributed by atoms with E-state index in [4.69, 9.17) is 0 Å². The number of nitrogens with zero attached hydrogens (tertiary/aromatic N) is 3. The molecule has 0 saturated carbocycles. The van der Waals surface area contributed by atoms with Crippen LogP contribution >= 0.6 is 15.9 Å². The van der Waals surface area contributed by atoms with Gasteiger partial charge in [-0.1, -0.05) is 22.0 Å². The number of hydrogen-bond donors (Lipinski definition) is 0. The molecule has 1 aliphatic heterocycles. The Bertz CT molecular complexity index is 580. The second-order valence-electron chi connectivity index (χ2n) is 4.54. The maximum atomic E-state index is 12.5. The fraction of sp³-hybridized carbons (Fsp3) is 0.385. The number of pyridine rings is 1. The lowest BCUT2D eigenvalue weighted by atomic mass is 10.2. The van der Waals surface area contributed by atoms with E-state index >= 15 is 0 Å². The predicted octanol–water partition coefficient (Wildman–Crippen LogP) is 2.33. The van der Waals surface area contributed by atoms with Gasteiger partial charge < -0.3 is 4.90 Å². The first-order valence-corrected chi connectivity index (χ1v) is 7.22. The zero-order valence-corrected chi connectivity index (χ0v) is 11.5. The Morgan fingerprint density at radius 2 is 2.39 bits per heavy atom. The molecule has 2 aromatic heterocycles. The summed E-state index contributed by atoms with van der Waals surface area (Å²) in [6, 6.07) is 6.08. The van der Waals surface area contributed by atoms with Crippen molar-refractivity contribution >= 4 is 27.4 Å². The van der Waals surface area contributed by atoms with Gasteiger partial charge in [-0.05, 0) is 25.0 Å². The van der Waals surface area contributed by atoms with Gasteiger partial charge in [-0.2, -0.15) is 5.10 Å². The zero-order valence-electron chi connectivity index (χ0n) is 9.92. The van der Waals surface area contributed by atoms with Gasteiger partial charge in [-0.15, -0.1) is 0 Å². The molecule has 94 valence electrons. The summed E-state index contributed by atoms with van der Waals surface area (Å²) in [5.41, 5.74) is 1.58. The highest BCUT2D eigenvalue weighted by molar-refractivity contribution is 9.09. The highest BCUT2D eigenvalue weighted by Gasteiger charge is 2.29. The Kier molecular flexibility index (Phi) is 3.07.